The average molecular weight is 265 g/mol. The normalized spacial score (nSPS) is 42.1. The molecule has 2 fully saturated rings. The minimum Gasteiger partial charge on any atom is -0.481 e. The molecule has 1 aliphatic heterocycles. The minimum absolute atomic E-state index is 0.0209. The Morgan fingerprint density at radius 3 is 2.71 bits per heavy atom. The van der Waals surface area contributed by atoms with E-state index in [-0.39, 0.29) is 24.4 Å². The van der Waals surface area contributed by atoms with Crippen molar-refractivity contribution in [1.82, 2.24) is 0 Å². The zero-order valence-corrected chi connectivity index (χ0v) is 9.27. The van der Waals surface area contributed by atoms with Crippen LogP contribution in [0.5, 0.6) is 0 Å². The average Bonchev–Trinajstić information content (AvgIpc) is 2.58. The first kappa shape index (κ1) is 10.4. The SMILES string of the molecule is O=C(O)C1CCC2OC(CBr)OC2C1. The Morgan fingerprint density at radius 2 is 2.07 bits per heavy atom. The molecule has 14 heavy (non-hydrogen) atoms. The molecular weight excluding hydrogens is 252 g/mol. The second-order valence-corrected chi connectivity index (χ2v) is 4.43. The van der Waals surface area contributed by atoms with Crippen LogP contribution in [0.15, 0.2) is 0 Å². The van der Waals surface area contributed by atoms with Gasteiger partial charge in [0.2, 0.25) is 0 Å². The highest BCUT2D eigenvalue weighted by atomic mass is 79.9. The van der Waals surface area contributed by atoms with Crippen molar-refractivity contribution in [2.75, 3.05) is 5.33 Å². The van der Waals surface area contributed by atoms with Gasteiger partial charge in [0.1, 0.15) is 0 Å². The minimum atomic E-state index is -0.714. The number of alkyl halides is 1. The van der Waals surface area contributed by atoms with Crippen molar-refractivity contribution < 1.29 is 19.4 Å². The lowest BCUT2D eigenvalue weighted by Crippen LogP contribution is -2.34. The summed E-state index contributed by atoms with van der Waals surface area (Å²) in [6.07, 6.45) is 1.97. The van der Waals surface area contributed by atoms with Crippen LogP contribution < -0.4 is 0 Å². The van der Waals surface area contributed by atoms with Crippen LogP contribution >= 0.6 is 15.9 Å². The number of aliphatic carboxylic acids is 1. The van der Waals surface area contributed by atoms with Crippen LogP contribution in [0, 0.1) is 5.92 Å². The second-order valence-electron chi connectivity index (χ2n) is 3.78. The molecule has 0 spiro atoms. The van der Waals surface area contributed by atoms with Crippen LogP contribution in [-0.4, -0.2) is 34.9 Å². The number of carboxylic acids is 1. The van der Waals surface area contributed by atoms with Crippen molar-refractivity contribution in [3.05, 3.63) is 0 Å². The predicted octanol–water partition coefficient (Wildman–Crippen LogP) is 1.38. The highest BCUT2D eigenvalue weighted by Gasteiger charge is 2.41. The molecule has 2 aliphatic rings. The number of halogens is 1. The van der Waals surface area contributed by atoms with E-state index in [1.54, 1.807) is 0 Å². The molecule has 4 nitrogen and oxygen atoms in total. The summed E-state index contributed by atoms with van der Waals surface area (Å²) in [5.74, 6) is -0.969. The van der Waals surface area contributed by atoms with Gasteiger partial charge in [-0.1, -0.05) is 15.9 Å². The molecule has 2 rings (SSSR count). The van der Waals surface area contributed by atoms with Crippen LogP contribution in [0.2, 0.25) is 0 Å². The van der Waals surface area contributed by atoms with Gasteiger partial charge in [-0.15, -0.1) is 0 Å². The number of fused-ring (bicyclic) bond motifs is 1. The van der Waals surface area contributed by atoms with Gasteiger partial charge in [0.05, 0.1) is 23.5 Å². The van der Waals surface area contributed by atoms with E-state index in [0.717, 1.165) is 6.42 Å². The Labute approximate surface area is 90.7 Å². The molecule has 1 saturated heterocycles. The Kier molecular flexibility index (Phi) is 3.09. The van der Waals surface area contributed by atoms with Gasteiger partial charge in [-0.3, -0.25) is 4.79 Å². The van der Waals surface area contributed by atoms with E-state index in [0.29, 0.717) is 18.2 Å². The highest BCUT2D eigenvalue weighted by molar-refractivity contribution is 9.09. The van der Waals surface area contributed by atoms with E-state index < -0.39 is 5.97 Å². The first-order valence-electron chi connectivity index (χ1n) is 4.80. The van der Waals surface area contributed by atoms with Crippen molar-refractivity contribution in [3.63, 3.8) is 0 Å². The predicted molar refractivity (Wildman–Crippen MR) is 52.3 cm³/mol. The Bertz CT molecular complexity index is 233. The topological polar surface area (TPSA) is 55.8 Å². The molecular formula is C9H13BrO4. The second kappa shape index (κ2) is 4.16. The monoisotopic (exact) mass is 264 g/mol. The Balaban J connectivity index is 1.94. The van der Waals surface area contributed by atoms with Crippen molar-refractivity contribution in [2.24, 2.45) is 5.92 Å². The summed E-state index contributed by atoms with van der Waals surface area (Å²) < 4.78 is 11.1. The molecule has 0 aromatic rings. The van der Waals surface area contributed by atoms with E-state index in [1.165, 1.54) is 0 Å². The maximum absolute atomic E-state index is 10.8. The van der Waals surface area contributed by atoms with E-state index in [2.05, 4.69) is 15.9 Å². The van der Waals surface area contributed by atoms with Gasteiger partial charge in [0.15, 0.2) is 6.29 Å². The molecule has 1 aliphatic carbocycles. The lowest BCUT2D eigenvalue weighted by atomic mass is 9.85. The van der Waals surface area contributed by atoms with Gasteiger partial charge in [-0.25, -0.2) is 0 Å². The molecule has 4 atom stereocenters. The Morgan fingerprint density at radius 1 is 1.36 bits per heavy atom. The first-order chi connectivity index (χ1) is 6.70. The van der Waals surface area contributed by atoms with E-state index in [9.17, 15) is 4.79 Å². The third-order valence-electron chi connectivity index (χ3n) is 2.86. The van der Waals surface area contributed by atoms with Gasteiger partial charge >= 0.3 is 5.97 Å². The molecule has 1 N–H and O–H groups in total. The van der Waals surface area contributed by atoms with Crippen molar-refractivity contribution >= 4 is 21.9 Å². The molecule has 0 radical (unpaired) electrons. The third-order valence-corrected chi connectivity index (χ3v) is 3.39. The van der Waals surface area contributed by atoms with Crippen LogP contribution in [0.3, 0.4) is 0 Å². The largest absolute Gasteiger partial charge is 0.481 e. The van der Waals surface area contributed by atoms with Crippen molar-refractivity contribution in [1.29, 1.82) is 0 Å². The number of carboxylic acid groups (broad SMARTS) is 1. The fraction of sp³-hybridized carbons (Fsp3) is 0.889. The summed E-state index contributed by atoms with van der Waals surface area (Å²) in [4.78, 5) is 10.8. The molecule has 0 bridgehead atoms. The number of hydrogen-bond donors (Lipinski definition) is 1. The first-order valence-corrected chi connectivity index (χ1v) is 5.92. The lowest BCUT2D eigenvalue weighted by molar-refractivity contribution is -0.144. The summed E-state index contributed by atoms with van der Waals surface area (Å²) in [5, 5.41) is 9.53. The smallest absolute Gasteiger partial charge is 0.306 e. The molecule has 5 heteroatoms. The maximum Gasteiger partial charge on any atom is 0.306 e. The molecule has 0 amide bonds. The summed E-state index contributed by atoms with van der Waals surface area (Å²) in [6.45, 7) is 0. The van der Waals surface area contributed by atoms with E-state index in [1.807, 2.05) is 0 Å². The van der Waals surface area contributed by atoms with Crippen molar-refractivity contribution in [3.8, 4) is 0 Å². The number of ether oxygens (including phenoxy) is 2. The zero-order valence-electron chi connectivity index (χ0n) is 7.69. The number of rotatable bonds is 2. The Hall–Kier alpha value is -0.130. The molecule has 1 saturated carbocycles. The zero-order chi connectivity index (χ0) is 10.1. The summed E-state index contributed by atoms with van der Waals surface area (Å²) in [6, 6.07) is 0. The van der Waals surface area contributed by atoms with Gasteiger partial charge in [-0.05, 0) is 19.3 Å². The summed E-state index contributed by atoms with van der Waals surface area (Å²) >= 11 is 3.29. The van der Waals surface area contributed by atoms with Crippen LogP contribution in [0.4, 0.5) is 0 Å². The number of hydrogen-bond acceptors (Lipinski definition) is 3. The molecule has 80 valence electrons. The fourth-order valence-electron chi connectivity index (χ4n) is 2.12. The van der Waals surface area contributed by atoms with Gasteiger partial charge < -0.3 is 14.6 Å². The molecule has 1 heterocycles. The van der Waals surface area contributed by atoms with Crippen LogP contribution in [-0.2, 0) is 14.3 Å². The van der Waals surface area contributed by atoms with E-state index >= 15 is 0 Å². The van der Waals surface area contributed by atoms with Crippen LogP contribution in [0.25, 0.3) is 0 Å². The van der Waals surface area contributed by atoms with Gasteiger partial charge in [0, 0.05) is 0 Å². The van der Waals surface area contributed by atoms with Crippen LogP contribution in [0.1, 0.15) is 19.3 Å². The fourth-order valence-corrected chi connectivity index (χ4v) is 2.42. The lowest BCUT2D eigenvalue weighted by Gasteiger charge is -2.26. The molecule has 0 aromatic carbocycles. The van der Waals surface area contributed by atoms with Crippen molar-refractivity contribution in [2.45, 2.75) is 37.8 Å². The third kappa shape index (κ3) is 1.94. The highest BCUT2D eigenvalue weighted by Crippen LogP contribution is 2.35. The molecule has 0 aromatic heterocycles. The number of carbonyl (C=O) groups is 1. The van der Waals surface area contributed by atoms with Gasteiger partial charge in [-0.2, -0.15) is 0 Å². The summed E-state index contributed by atoms with van der Waals surface area (Å²) in [7, 11) is 0. The van der Waals surface area contributed by atoms with E-state index in [4.69, 9.17) is 14.6 Å². The summed E-state index contributed by atoms with van der Waals surface area (Å²) in [5.41, 5.74) is 0. The maximum atomic E-state index is 10.8. The molecule has 4 unspecified atom stereocenters. The quantitative estimate of drug-likeness (QED) is 0.766. The van der Waals surface area contributed by atoms with Gasteiger partial charge in [0.25, 0.3) is 0 Å². The standard InChI is InChI=1S/C9H13BrO4/c10-4-8-13-6-2-1-5(9(11)12)3-7(6)14-8/h5-8H,1-4H2,(H,11,12).